The Bertz CT molecular complexity index is 296. The van der Waals surface area contributed by atoms with Gasteiger partial charge in [-0.25, -0.2) is 4.79 Å². The smallest absolute Gasteiger partial charge is 0.335 e. The molecule has 0 spiro atoms. The molecule has 0 atom stereocenters. The Morgan fingerprint density at radius 3 is 2.64 bits per heavy atom. The normalized spacial score (nSPS) is 9.55. The molecule has 58 valence electrons. The van der Waals surface area contributed by atoms with Crippen molar-refractivity contribution in [3.8, 4) is 5.75 Å². The van der Waals surface area contributed by atoms with E-state index in [9.17, 15) is 9.90 Å². The Morgan fingerprint density at radius 1 is 1.55 bits per heavy atom. The maximum absolute atomic E-state index is 10.8. The van der Waals surface area contributed by atoms with E-state index in [1.165, 1.54) is 12.1 Å². The van der Waals surface area contributed by atoms with E-state index in [4.69, 9.17) is 16.7 Å². The number of hydrogen-bond donors (Lipinski definition) is 1. The molecule has 0 fully saturated rings. The number of rotatable bonds is 1. The second-order valence-corrected chi connectivity index (χ2v) is 2.38. The fourth-order valence-corrected chi connectivity index (χ4v) is 0.835. The van der Waals surface area contributed by atoms with Crippen molar-refractivity contribution in [3.05, 3.63) is 28.8 Å². The number of aromatic carboxylic acids is 1. The number of carbonyl (C=O) groups is 1. The molecule has 0 unspecified atom stereocenters. The van der Waals surface area contributed by atoms with Crippen LogP contribution in [0.4, 0.5) is 0 Å². The molecule has 0 aromatic heterocycles. The van der Waals surface area contributed by atoms with E-state index in [2.05, 4.69) is 0 Å². The van der Waals surface area contributed by atoms with Crippen LogP contribution in [0.15, 0.2) is 18.2 Å². The summed E-state index contributed by atoms with van der Waals surface area (Å²) in [6.45, 7) is 0. The number of halogens is 1. The van der Waals surface area contributed by atoms with Gasteiger partial charge in [0.25, 0.3) is 0 Å². The molecule has 4 heteroatoms. The van der Waals surface area contributed by atoms with Crippen molar-refractivity contribution in [3.63, 3.8) is 0 Å². The quantitative estimate of drug-likeness (QED) is 0.689. The van der Waals surface area contributed by atoms with Gasteiger partial charge in [0.1, 0.15) is 0 Å². The van der Waals surface area contributed by atoms with Crippen molar-refractivity contribution < 1.29 is 15.0 Å². The zero-order chi connectivity index (χ0) is 8.43. The summed E-state index contributed by atoms with van der Waals surface area (Å²) in [7, 11) is 0. The molecule has 0 aliphatic carbocycles. The maximum atomic E-state index is 10.8. The van der Waals surface area contributed by atoms with Crippen molar-refractivity contribution in [2.24, 2.45) is 0 Å². The minimum absolute atomic E-state index is 0.250. The van der Waals surface area contributed by atoms with Crippen molar-refractivity contribution in [1.29, 1.82) is 0 Å². The molecule has 0 saturated heterocycles. The summed E-state index contributed by atoms with van der Waals surface area (Å²) in [4.78, 5) is 10.3. The first-order valence-electron chi connectivity index (χ1n) is 2.81. The van der Waals surface area contributed by atoms with Crippen LogP contribution < -0.4 is 5.11 Å². The molecule has 11 heavy (non-hydrogen) atoms. The number of carboxylic acid groups (broad SMARTS) is 1. The summed E-state index contributed by atoms with van der Waals surface area (Å²) in [6.07, 6.45) is 0. The molecule has 1 N–H and O–H groups in total. The van der Waals surface area contributed by atoms with E-state index in [1.807, 2.05) is 0 Å². The van der Waals surface area contributed by atoms with Crippen LogP contribution in [-0.4, -0.2) is 11.1 Å². The van der Waals surface area contributed by atoms with Crippen LogP contribution in [0.1, 0.15) is 10.4 Å². The molecule has 0 bridgehead atoms. The standard InChI is InChI=1S/C7H5ClO3/c8-4-1-2-5(7(10)11)6(9)3-4/h1-3,9H,(H,10,11)/p-1. The highest BCUT2D eigenvalue weighted by atomic mass is 35.5. The Hall–Kier alpha value is -1.22. The van der Waals surface area contributed by atoms with E-state index in [0.29, 0.717) is 0 Å². The van der Waals surface area contributed by atoms with E-state index in [-0.39, 0.29) is 10.6 Å². The monoisotopic (exact) mass is 171 g/mol. The predicted molar refractivity (Wildman–Crippen MR) is 37.9 cm³/mol. The third kappa shape index (κ3) is 1.62. The number of hydrogen-bond acceptors (Lipinski definition) is 2. The molecule has 0 saturated carbocycles. The Kier molecular flexibility index (Phi) is 2.01. The van der Waals surface area contributed by atoms with Gasteiger partial charge in [-0.3, -0.25) is 0 Å². The first kappa shape index (κ1) is 7.88. The lowest BCUT2D eigenvalue weighted by atomic mass is 10.2. The van der Waals surface area contributed by atoms with E-state index in [0.717, 1.165) is 6.07 Å². The third-order valence-corrected chi connectivity index (χ3v) is 1.41. The van der Waals surface area contributed by atoms with Crippen LogP contribution in [0.3, 0.4) is 0 Å². The molecule has 0 heterocycles. The molecule has 0 aliphatic rings. The summed E-state index contributed by atoms with van der Waals surface area (Å²) in [5.41, 5.74) is -0.255. The molecule has 3 nitrogen and oxygen atoms in total. The van der Waals surface area contributed by atoms with Crippen LogP contribution in [-0.2, 0) is 0 Å². The fraction of sp³-hybridized carbons (Fsp3) is 0. The lowest BCUT2D eigenvalue weighted by Crippen LogP contribution is -2.02. The highest BCUT2D eigenvalue weighted by Crippen LogP contribution is 2.18. The molecule has 0 radical (unpaired) electrons. The zero-order valence-corrected chi connectivity index (χ0v) is 6.13. The van der Waals surface area contributed by atoms with Crippen LogP contribution in [0.2, 0.25) is 5.02 Å². The maximum Gasteiger partial charge on any atom is 0.335 e. The Balaban J connectivity index is 3.20. The predicted octanol–water partition coefficient (Wildman–Crippen LogP) is 1.11. The minimum Gasteiger partial charge on any atom is -0.872 e. The molecule has 1 aromatic carbocycles. The van der Waals surface area contributed by atoms with Crippen LogP contribution in [0.5, 0.6) is 5.75 Å². The van der Waals surface area contributed by atoms with Gasteiger partial charge in [-0.15, -0.1) is 0 Å². The first-order chi connectivity index (χ1) is 5.11. The van der Waals surface area contributed by atoms with Crippen LogP contribution >= 0.6 is 11.6 Å². The zero-order valence-electron chi connectivity index (χ0n) is 5.37. The summed E-state index contributed by atoms with van der Waals surface area (Å²) < 4.78 is 0. The van der Waals surface area contributed by atoms with Gasteiger partial charge in [-0.2, -0.15) is 0 Å². The largest absolute Gasteiger partial charge is 0.872 e. The van der Waals surface area contributed by atoms with E-state index < -0.39 is 11.7 Å². The van der Waals surface area contributed by atoms with Gasteiger partial charge in [0.2, 0.25) is 0 Å². The van der Waals surface area contributed by atoms with Gasteiger partial charge in [0.05, 0.1) is 5.56 Å². The summed E-state index contributed by atoms with van der Waals surface area (Å²) in [5.74, 6) is -1.79. The van der Waals surface area contributed by atoms with Crippen LogP contribution in [0.25, 0.3) is 0 Å². The summed E-state index contributed by atoms with van der Waals surface area (Å²) >= 11 is 5.43. The average Bonchev–Trinajstić information content (AvgIpc) is 1.85. The first-order valence-corrected chi connectivity index (χ1v) is 3.19. The second-order valence-electron chi connectivity index (χ2n) is 1.95. The van der Waals surface area contributed by atoms with Gasteiger partial charge >= 0.3 is 5.97 Å². The Morgan fingerprint density at radius 2 is 2.18 bits per heavy atom. The van der Waals surface area contributed by atoms with Crippen molar-refractivity contribution in [2.45, 2.75) is 0 Å². The molecular formula is C7H4ClO3-. The van der Waals surface area contributed by atoms with Crippen molar-refractivity contribution in [1.82, 2.24) is 0 Å². The second kappa shape index (κ2) is 2.80. The molecular weight excluding hydrogens is 168 g/mol. The lowest BCUT2D eigenvalue weighted by molar-refractivity contribution is -0.268. The van der Waals surface area contributed by atoms with E-state index >= 15 is 0 Å². The fourth-order valence-electron chi connectivity index (χ4n) is 0.673. The number of carboxylic acids is 1. The highest BCUT2D eigenvalue weighted by Gasteiger charge is 2.02. The van der Waals surface area contributed by atoms with Gasteiger partial charge in [-0.05, 0) is 12.1 Å². The summed E-state index contributed by atoms with van der Waals surface area (Å²) in [5, 5.41) is 19.5. The van der Waals surface area contributed by atoms with Crippen molar-refractivity contribution in [2.75, 3.05) is 0 Å². The Labute approximate surface area is 67.8 Å². The van der Waals surface area contributed by atoms with Gasteiger partial charge in [0, 0.05) is 5.02 Å². The van der Waals surface area contributed by atoms with E-state index in [1.54, 1.807) is 0 Å². The van der Waals surface area contributed by atoms with Gasteiger partial charge in [0.15, 0.2) is 0 Å². The SMILES string of the molecule is O=C(O)c1ccc(Cl)cc1[O-]. The van der Waals surface area contributed by atoms with Crippen LogP contribution in [0, 0.1) is 0 Å². The lowest BCUT2D eigenvalue weighted by Gasteiger charge is -2.08. The molecule has 1 rings (SSSR count). The molecule has 0 amide bonds. The molecule has 0 aliphatic heterocycles. The molecule has 1 aromatic rings. The minimum atomic E-state index is -1.23. The van der Waals surface area contributed by atoms with Crippen molar-refractivity contribution >= 4 is 17.6 Å². The highest BCUT2D eigenvalue weighted by molar-refractivity contribution is 6.30. The number of benzene rings is 1. The van der Waals surface area contributed by atoms with Gasteiger partial charge < -0.3 is 10.2 Å². The average molecular weight is 172 g/mol. The van der Waals surface area contributed by atoms with Gasteiger partial charge in [-0.1, -0.05) is 23.4 Å². The third-order valence-electron chi connectivity index (χ3n) is 1.17. The topological polar surface area (TPSA) is 60.4 Å². The summed E-state index contributed by atoms with van der Waals surface area (Å²) in [6, 6.07) is 3.63.